The standard InChI is InChI=1S/C22H23ClFN4O7P/c1-33-18-10-17-14(22(26-12-25-17)27-16-4-2-3-15(23)21(16)24)9-19(18)35-13-5-7-28(8-6-13)20(29)11-34-36(30,31)32/h2-4,9-10,12-13H,5-8,11H2,1H3,(H,25,26,27)(H2,30,31,32). The summed E-state index contributed by atoms with van der Waals surface area (Å²) >= 11 is 5.89. The number of rotatable bonds is 8. The molecule has 0 unspecified atom stereocenters. The highest BCUT2D eigenvalue weighted by Gasteiger charge is 2.27. The predicted molar refractivity (Wildman–Crippen MR) is 129 cm³/mol. The molecule has 11 nitrogen and oxygen atoms in total. The highest BCUT2D eigenvalue weighted by atomic mass is 35.5. The van der Waals surface area contributed by atoms with Crippen molar-refractivity contribution in [3.8, 4) is 11.5 Å². The Labute approximate surface area is 210 Å². The van der Waals surface area contributed by atoms with Crippen molar-refractivity contribution in [1.82, 2.24) is 14.9 Å². The second-order valence-corrected chi connectivity index (χ2v) is 9.58. The van der Waals surface area contributed by atoms with Gasteiger partial charge in [-0.15, -0.1) is 0 Å². The molecule has 2 heterocycles. The van der Waals surface area contributed by atoms with Crippen LogP contribution in [0.3, 0.4) is 0 Å². The SMILES string of the molecule is COc1cc2ncnc(Nc3cccc(Cl)c3F)c2cc1OC1CCN(C(=O)COP(=O)(O)O)CC1. The van der Waals surface area contributed by atoms with Gasteiger partial charge in [-0.2, -0.15) is 0 Å². The number of ether oxygens (including phenoxy) is 2. The summed E-state index contributed by atoms with van der Waals surface area (Å²) in [5, 5.41) is 3.49. The number of anilines is 2. The van der Waals surface area contributed by atoms with Crippen molar-refractivity contribution in [3.05, 3.63) is 47.5 Å². The van der Waals surface area contributed by atoms with E-state index in [-0.39, 0.29) is 16.8 Å². The van der Waals surface area contributed by atoms with E-state index >= 15 is 0 Å². The number of methoxy groups -OCH3 is 1. The van der Waals surface area contributed by atoms with E-state index in [1.54, 1.807) is 18.2 Å². The quantitative estimate of drug-likeness (QED) is 0.362. The average molecular weight is 541 g/mol. The summed E-state index contributed by atoms with van der Waals surface area (Å²) < 4.78 is 41.2. The van der Waals surface area contributed by atoms with Crippen LogP contribution in [-0.4, -0.2) is 63.5 Å². The lowest BCUT2D eigenvalue weighted by atomic mass is 10.1. The number of benzene rings is 2. The third-order valence-electron chi connectivity index (χ3n) is 5.57. The summed E-state index contributed by atoms with van der Waals surface area (Å²) in [6, 6.07) is 7.98. The number of likely N-dealkylation sites (tertiary alicyclic amines) is 1. The van der Waals surface area contributed by atoms with Crippen LogP contribution in [0.4, 0.5) is 15.9 Å². The molecule has 192 valence electrons. The topological polar surface area (TPSA) is 143 Å². The van der Waals surface area contributed by atoms with E-state index in [2.05, 4.69) is 19.8 Å². The molecule has 2 aromatic carbocycles. The summed E-state index contributed by atoms with van der Waals surface area (Å²) in [7, 11) is -3.22. The molecule has 1 amide bonds. The fraction of sp³-hybridized carbons (Fsp3) is 0.318. The number of hydrogen-bond acceptors (Lipinski definition) is 8. The molecule has 4 rings (SSSR count). The van der Waals surface area contributed by atoms with Gasteiger partial charge >= 0.3 is 7.82 Å². The van der Waals surface area contributed by atoms with E-state index in [1.807, 2.05) is 0 Å². The molecule has 0 spiro atoms. The Morgan fingerprint density at radius 3 is 2.69 bits per heavy atom. The molecule has 3 aromatic rings. The Balaban J connectivity index is 1.50. The van der Waals surface area contributed by atoms with Gasteiger partial charge in [-0.25, -0.2) is 18.9 Å². The maximum absolute atomic E-state index is 14.4. The van der Waals surface area contributed by atoms with E-state index < -0.39 is 26.2 Å². The first-order valence-electron chi connectivity index (χ1n) is 10.8. The molecule has 1 saturated heterocycles. The highest BCUT2D eigenvalue weighted by molar-refractivity contribution is 7.46. The zero-order chi connectivity index (χ0) is 25.9. The summed E-state index contributed by atoms with van der Waals surface area (Å²) in [6.45, 7) is -0.0426. The van der Waals surface area contributed by atoms with E-state index in [9.17, 15) is 13.8 Å². The molecule has 0 atom stereocenters. The number of nitrogens with one attached hydrogen (secondary N) is 1. The Morgan fingerprint density at radius 2 is 2.00 bits per heavy atom. The Morgan fingerprint density at radius 1 is 1.25 bits per heavy atom. The van der Waals surface area contributed by atoms with Crippen molar-refractivity contribution in [2.75, 3.05) is 32.1 Å². The van der Waals surface area contributed by atoms with Crippen LogP contribution in [0.25, 0.3) is 10.9 Å². The number of hydrogen-bond donors (Lipinski definition) is 3. The number of aromatic nitrogens is 2. The van der Waals surface area contributed by atoms with Crippen LogP contribution in [0.5, 0.6) is 11.5 Å². The fourth-order valence-electron chi connectivity index (χ4n) is 3.78. The Hall–Kier alpha value is -3.02. The second kappa shape index (κ2) is 10.9. The maximum Gasteiger partial charge on any atom is 0.470 e. The number of carbonyl (C=O) groups excluding carboxylic acids is 1. The summed E-state index contributed by atoms with van der Waals surface area (Å²) in [4.78, 5) is 39.6. The summed E-state index contributed by atoms with van der Waals surface area (Å²) in [5.74, 6) is 0.0855. The molecule has 0 saturated carbocycles. The fourth-order valence-corrected chi connectivity index (χ4v) is 4.23. The maximum atomic E-state index is 14.4. The molecule has 1 fully saturated rings. The monoisotopic (exact) mass is 540 g/mol. The van der Waals surface area contributed by atoms with Gasteiger partial charge in [0.15, 0.2) is 17.3 Å². The van der Waals surface area contributed by atoms with Gasteiger partial charge in [-0.3, -0.25) is 9.32 Å². The van der Waals surface area contributed by atoms with Crippen molar-refractivity contribution in [3.63, 3.8) is 0 Å². The molecule has 0 aliphatic carbocycles. The number of piperidine rings is 1. The van der Waals surface area contributed by atoms with Gasteiger partial charge in [0, 0.05) is 37.4 Å². The van der Waals surface area contributed by atoms with Crippen molar-refractivity contribution < 1.29 is 37.5 Å². The first-order valence-corrected chi connectivity index (χ1v) is 12.7. The number of fused-ring (bicyclic) bond motifs is 1. The smallest absolute Gasteiger partial charge is 0.470 e. The summed E-state index contributed by atoms with van der Waals surface area (Å²) in [6.07, 6.45) is 2.05. The largest absolute Gasteiger partial charge is 0.493 e. The van der Waals surface area contributed by atoms with Gasteiger partial charge in [0.25, 0.3) is 0 Å². The van der Waals surface area contributed by atoms with E-state index in [0.29, 0.717) is 54.2 Å². The number of carbonyl (C=O) groups is 1. The minimum Gasteiger partial charge on any atom is -0.493 e. The van der Waals surface area contributed by atoms with E-state index in [0.717, 1.165) is 0 Å². The zero-order valence-corrected chi connectivity index (χ0v) is 20.7. The molecule has 1 aliphatic rings. The zero-order valence-electron chi connectivity index (χ0n) is 19.1. The third-order valence-corrected chi connectivity index (χ3v) is 6.33. The molecule has 0 radical (unpaired) electrons. The normalized spacial score (nSPS) is 14.6. The first-order chi connectivity index (χ1) is 17.1. The number of phosphoric acid groups is 1. The number of phosphoric ester groups is 1. The van der Waals surface area contributed by atoms with Gasteiger partial charge in [-0.05, 0) is 18.2 Å². The lowest BCUT2D eigenvalue weighted by Crippen LogP contribution is -2.43. The molecule has 1 aliphatic heterocycles. The van der Waals surface area contributed by atoms with Crippen LogP contribution in [0.15, 0.2) is 36.7 Å². The lowest BCUT2D eigenvalue weighted by molar-refractivity contribution is -0.135. The number of halogens is 2. The predicted octanol–water partition coefficient (Wildman–Crippen LogP) is 3.65. The molecular weight excluding hydrogens is 518 g/mol. The molecule has 36 heavy (non-hydrogen) atoms. The van der Waals surface area contributed by atoms with Gasteiger partial charge in [-0.1, -0.05) is 17.7 Å². The Kier molecular flexibility index (Phi) is 7.91. The second-order valence-electron chi connectivity index (χ2n) is 7.93. The molecule has 3 N–H and O–H groups in total. The van der Waals surface area contributed by atoms with Crippen LogP contribution >= 0.6 is 19.4 Å². The van der Waals surface area contributed by atoms with Crippen LogP contribution in [-0.2, 0) is 13.9 Å². The Bertz CT molecular complexity index is 1320. The first kappa shape index (κ1) is 26.1. The highest BCUT2D eigenvalue weighted by Crippen LogP contribution is 2.37. The van der Waals surface area contributed by atoms with Crippen LogP contribution < -0.4 is 14.8 Å². The van der Waals surface area contributed by atoms with Crippen molar-refractivity contribution >= 4 is 47.7 Å². The average Bonchev–Trinajstić information content (AvgIpc) is 2.85. The van der Waals surface area contributed by atoms with Gasteiger partial charge in [0.1, 0.15) is 24.9 Å². The minimum absolute atomic E-state index is 0.0258. The van der Waals surface area contributed by atoms with Gasteiger partial charge < -0.3 is 29.5 Å². The van der Waals surface area contributed by atoms with Crippen molar-refractivity contribution in [2.24, 2.45) is 0 Å². The molecule has 0 bridgehead atoms. The number of nitrogens with zero attached hydrogens (tertiary/aromatic N) is 3. The number of amides is 1. The minimum atomic E-state index is -4.72. The van der Waals surface area contributed by atoms with Crippen LogP contribution in [0.1, 0.15) is 12.8 Å². The van der Waals surface area contributed by atoms with Crippen LogP contribution in [0, 0.1) is 5.82 Å². The van der Waals surface area contributed by atoms with Gasteiger partial charge in [0.2, 0.25) is 5.91 Å². The summed E-state index contributed by atoms with van der Waals surface area (Å²) in [5.41, 5.74) is 0.699. The molecule has 14 heteroatoms. The lowest BCUT2D eigenvalue weighted by Gasteiger charge is -2.32. The third kappa shape index (κ3) is 6.21. The molecule has 1 aromatic heterocycles. The van der Waals surface area contributed by atoms with E-state index in [1.165, 1.54) is 30.5 Å². The van der Waals surface area contributed by atoms with Crippen molar-refractivity contribution in [1.29, 1.82) is 0 Å². The van der Waals surface area contributed by atoms with Crippen LogP contribution in [0.2, 0.25) is 5.02 Å². The van der Waals surface area contributed by atoms with Gasteiger partial charge in [0.05, 0.1) is 23.3 Å². The molecular formula is C22H23ClFN4O7P. The van der Waals surface area contributed by atoms with E-state index in [4.69, 9.17) is 30.9 Å². The van der Waals surface area contributed by atoms with Crippen molar-refractivity contribution in [2.45, 2.75) is 18.9 Å².